The van der Waals surface area contributed by atoms with E-state index >= 15 is 0 Å². The molecule has 0 radical (unpaired) electrons. The summed E-state index contributed by atoms with van der Waals surface area (Å²) in [6.45, 7) is 19.2. The molecule has 0 aromatic heterocycles. The second-order valence-electron chi connectivity index (χ2n) is 10.4. The molecular formula is C31H41N. The van der Waals surface area contributed by atoms with E-state index in [1.165, 1.54) is 50.2 Å². The van der Waals surface area contributed by atoms with Crippen molar-refractivity contribution in [2.45, 2.75) is 67.2 Å². The highest BCUT2D eigenvalue weighted by Gasteiger charge is 2.37. The van der Waals surface area contributed by atoms with Crippen LogP contribution in [-0.4, -0.2) is 13.6 Å². The van der Waals surface area contributed by atoms with Gasteiger partial charge in [0, 0.05) is 24.7 Å². The van der Waals surface area contributed by atoms with Crippen molar-refractivity contribution in [3.63, 3.8) is 0 Å². The molecule has 1 heteroatoms. The molecule has 0 bridgehead atoms. The highest BCUT2D eigenvalue weighted by molar-refractivity contribution is 5.87. The van der Waals surface area contributed by atoms with Crippen LogP contribution < -0.4 is 4.90 Å². The fourth-order valence-electron chi connectivity index (χ4n) is 5.35. The van der Waals surface area contributed by atoms with Crippen molar-refractivity contribution in [2.75, 3.05) is 18.5 Å². The number of hydrogen-bond donors (Lipinski definition) is 0. The second kappa shape index (κ2) is 9.53. The van der Waals surface area contributed by atoms with Crippen LogP contribution in [0.3, 0.4) is 0 Å². The lowest BCUT2D eigenvalue weighted by atomic mass is 9.80. The number of anilines is 1. The summed E-state index contributed by atoms with van der Waals surface area (Å²) < 4.78 is 0. The zero-order chi connectivity index (χ0) is 23.6. The van der Waals surface area contributed by atoms with E-state index in [9.17, 15) is 0 Å². The highest BCUT2D eigenvalue weighted by atomic mass is 15.1. The van der Waals surface area contributed by atoms with Crippen LogP contribution >= 0.6 is 0 Å². The summed E-state index contributed by atoms with van der Waals surface area (Å²) in [4.78, 5) is 2.45. The molecule has 0 heterocycles. The van der Waals surface area contributed by atoms with Gasteiger partial charge < -0.3 is 4.90 Å². The van der Waals surface area contributed by atoms with E-state index in [4.69, 9.17) is 0 Å². The summed E-state index contributed by atoms with van der Waals surface area (Å²) in [5, 5.41) is 0. The molecular weight excluding hydrogens is 386 g/mol. The van der Waals surface area contributed by atoms with Crippen molar-refractivity contribution in [3.05, 3.63) is 93.6 Å². The van der Waals surface area contributed by atoms with Gasteiger partial charge >= 0.3 is 0 Å². The molecule has 2 aromatic carbocycles. The van der Waals surface area contributed by atoms with Crippen LogP contribution in [0, 0.1) is 19.8 Å². The first-order valence-electron chi connectivity index (χ1n) is 12.0. The zero-order valence-corrected chi connectivity index (χ0v) is 21.6. The van der Waals surface area contributed by atoms with Crippen LogP contribution in [0.4, 0.5) is 5.69 Å². The van der Waals surface area contributed by atoms with Crippen molar-refractivity contribution >= 4 is 11.3 Å². The van der Waals surface area contributed by atoms with Gasteiger partial charge in [-0.1, -0.05) is 82.3 Å². The van der Waals surface area contributed by atoms with Crippen molar-refractivity contribution < 1.29 is 0 Å². The smallest absolute Gasteiger partial charge is 0.0425 e. The first-order valence-corrected chi connectivity index (χ1v) is 12.0. The molecule has 0 saturated carbocycles. The minimum absolute atomic E-state index is 0.00168. The van der Waals surface area contributed by atoms with E-state index in [1.807, 2.05) is 0 Å². The maximum atomic E-state index is 2.46. The summed E-state index contributed by atoms with van der Waals surface area (Å²) in [7, 11) is 2.24. The Morgan fingerprint density at radius 3 is 2.22 bits per heavy atom. The predicted octanol–water partition coefficient (Wildman–Crippen LogP) is 8.42. The predicted molar refractivity (Wildman–Crippen MR) is 143 cm³/mol. The van der Waals surface area contributed by atoms with Crippen molar-refractivity contribution in [2.24, 2.45) is 5.92 Å². The van der Waals surface area contributed by atoms with Crippen LogP contribution in [0.2, 0.25) is 0 Å². The lowest BCUT2D eigenvalue weighted by molar-refractivity contribution is 0.620. The van der Waals surface area contributed by atoms with E-state index in [0.29, 0.717) is 5.92 Å². The van der Waals surface area contributed by atoms with Crippen molar-refractivity contribution in [3.8, 4) is 0 Å². The molecule has 0 saturated heterocycles. The molecule has 32 heavy (non-hydrogen) atoms. The molecule has 2 aromatic rings. The number of fused-ring (bicyclic) bond motifs is 1. The third-order valence-electron chi connectivity index (χ3n) is 7.03. The molecule has 1 aliphatic rings. The van der Waals surface area contributed by atoms with Crippen molar-refractivity contribution in [1.82, 2.24) is 0 Å². The van der Waals surface area contributed by atoms with Crippen LogP contribution in [0.25, 0.3) is 5.57 Å². The van der Waals surface area contributed by atoms with Gasteiger partial charge in [-0.05, 0) is 84.6 Å². The number of para-hydroxylation sites is 1. The normalized spacial score (nSPS) is 16.1. The molecule has 0 N–H and O–H groups in total. The molecule has 0 spiro atoms. The van der Waals surface area contributed by atoms with E-state index in [2.05, 4.69) is 122 Å². The SMILES string of the molecule is C/C=C(CC(C)C)\C(C)=C\C1=C(CN(C)c2c(C)cccc2C)C(C)(C)c2ccccc21. The van der Waals surface area contributed by atoms with E-state index in [-0.39, 0.29) is 5.41 Å². The molecule has 1 aliphatic carbocycles. The maximum Gasteiger partial charge on any atom is 0.0425 e. The number of aryl methyl sites for hydroxylation is 2. The molecule has 0 atom stereocenters. The molecule has 0 unspecified atom stereocenters. The van der Waals surface area contributed by atoms with Crippen LogP contribution in [0.15, 0.2) is 71.3 Å². The number of likely N-dealkylation sites (N-methyl/N-ethyl adjacent to an activating group) is 1. The Bertz CT molecular complexity index is 1060. The Morgan fingerprint density at radius 2 is 1.62 bits per heavy atom. The number of allylic oxidation sites excluding steroid dienone is 5. The standard InChI is InChI=1S/C31H41N/c1-10-25(18-21(2)3)24(6)19-27-26-16-11-12-17-28(26)31(7,8)29(27)20-32(9)30-22(4)14-13-15-23(30)5/h10-17,19,21H,18,20H2,1-9H3/b24-19+,25-10-. The minimum atomic E-state index is 0.00168. The summed E-state index contributed by atoms with van der Waals surface area (Å²) in [5.74, 6) is 0.653. The molecule has 0 aliphatic heterocycles. The third-order valence-corrected chi connectivity index (χ3v) is 7.03. The number of benzene rings is 2. The van der Waals surface area contributed by atoms with Gasteiger partial charge in [0.1, 0.15) is 0 Å². The topological polar surface area (TPSA) is 3.24 Å². The lowest BCUT2D eigenvalue weighted by Gasteiger charge is -2.31. The largest absolute Gasteiger partial charge is 0.370 e. The van der Waals surface area contributed by atoms with Gasteiger partial charge in [0.25, 0.3) is 0 Å². The van der Waals surface area contributed by atoms with E-state index in [0.717, 1.165) is 13.0 Å². The lowest BCUT2D eigenvalue weighted by Crippen LogP contribution is -2.29. The molecule has 3 rings (SSSR count). The average molecular weight is 428 g/mol. The molecule has 1 nitrogen and oxygen atoms in total. The Labute approximate surface area is 196 Å². The van der Waals surface area contributed by atoms with Gasteiger partial charge in [0.2, 0.25) is 0 Å². The Hall–Kier alpha value is -2.54. The molecule has 0 fully saturated rings. The van der Waals surface area contributed by atoms with Crippen LogP contribution in [0.1, 0.15) is 70.2 Å². The Kier molecular flexibility index (Phi) is 7.18. The minimum Gasteiger partial charge on any atom is -0.370 e. The fraction of sp³-hybridized carbons (Fsp3) is 0.419. The third kappa shape index (κ3) is 4.63. The Balaban J connectivity index is 2.13. The molecule has 0 amide bonds. The van der Waals surface area contributed by atoms with Gasteiger partial charge in [0.05, 0.1) is 0 Å². The maximum absolute atomic E-state index is 2.46. The Morgan fingerprint density at radius 1 is 1.00 bits per heavy atom. The molecule has 170 valence electrons. The van der Waals surface area contributed by atoms with Crippen LogP contribution in [-0.2, 0) is 5.41 Å². The zero-order valence-electron chi connectivity index (χ0n) is 21.6. The van der Waals surface area contributed by atoms with Crippen molar-refractivity contribution in [1.29, 1.82) is 0 Å². The van der Waals surface area contributed by atoms with Gasteiger partial charge in [-0.2, -0.15) is 0 Å². The van der Waals surface area contributed by atoms with Gasteiger partial charge in [-0.25, -0.2) is 0 Å². The van der Waals surface area contributed by atoms with E-state index < -0.39 is 0 Å². The summed E-state index contributed by atoms with van der Waals surface area (Å²) >= 11 is 0. The van der Waals surface area contributed by atoms with Crippen LogP contribution in [0.5, 0.6) is 0 Å². The number of hydrogen-bond acceptors (Lipinski definition) is 1. The van der Waals surface area contributed by atoms with Gasteiger partial charge in [-0.3, -0.25) is 0 Å². The fourth-order valence-corrected chi connectivity index (χ4v) is 5.35. The highest BCUT2D eigenvalue weighted by Crippen LogP contribution is 2.48. The number of nitrogens with zero attached hydrogens (tertiary/aromatic N) is 1. The van der Waals surface area contributed by atoms with Gasteiger partial charge in [0.15, 0.2) is 0 Å². The van der Waals surface area contributed by atoms with Gasteiger partial charge in [-0.15, -0.1) is 0 Å². The average Bonchev–Trinajstić information content (AvgIpc) is 2.93. The summed E-state index contributed by atoms with van der Waals surface area (Å²) in [6, 6.07) is 15.6. The second-order valence-corrected chi connectivity index (χ2v) is 10.4. The summed E-state index contributed by atoms with van der Waals surface area (Å²) in [6.07, 6.45) is 5.87. The monoisotopic (exact) mass is 427 g/mol. The quantitative estimate of drug-likeness (QED) is 0.401. The first kappa shape index (κ1) is 24.1. The summed E-state index contributed by atoms with van der Waals surface area (Å²) in [5.41, 5.74) is 12.6. The number of rotatable bonds is 7. The van der Waals surface area contributed by atoms with E-state index in [1.54, 1.807) is 0 Å². The first-order chi connectivity index (χ1) is 15.1.